The third-order valence-corrected chi connectivity index (χ3v) is 6.38. The number of rotatable bonds is 4. The van der Waals surface area contributed by atoms with E-state index in [2.05, 4.69) is 18.2 Å². The lowest BCUT2D eigenvalue weighted by atomic mass is 9.77. The number of aromatic carboxylic acids is 1. The van der Waals surface area contributed by atoms with Crippen molar-refractivity contribution in [3.63, 3.8) is 0 Å². The molecule has 5 heteroatoms. The lowest BCUT2D eigenvalue weighted by molar-refractivity contribution is 0.0646. The molecular weight excluding hydrogens is 412 g/mol. The molecule has 0 radical (unpaired) electrons. The third kappa shape index (κ3) is 3.98. The summed E-state index contributed by atoms with van der Waals surface area (Å²) in [6, 6.07) is 26.1. The zero-order valence-corrected chi connectivity index (χ0v) is 18.1. The van der Waals surface area contributed by atoms with Crippen molar-refractivity contribution in [3.8, 4) is 0 Å². The summed E-state index contributed by atoms with van der Waals surface area (Å²) < 4.78 is 0. The van der Waals surface area contributed by atoms with Crippen LogP contribution < -0.4 is 0 Å². The van der Waals surface area contributed by atoms with E-state index in [0.717, 1.165) is 41.7 Å². The van der Waals surface area contributed by atoms with Gasteiger partial charge in [0, 0.05) is 5.92 Å². The Hall–Kier alpha value is -3.99. The quantitative estimate of drug-likeness (QED) is 0.560. The van der Waals surface area contributed by atoms with Gasteiger partial charge in [0.25, 0.3) is 5.91 Å². The first kappa shape index (κ1) is 20.9. The van der Waals surface area contributed by atoms with E-state index in [1.54, 1.807) is 18.2 Å². The van der Waals surface area contributed by atoms with Crippen molar-refractivity contribution >= 4 is 23.7 Å². The van der Waals surface area contributed by atoms with Crippen LogP contribution in [-0.2, 0) is 0 Å². The maximum absolute atomic E-state index is 13.7. The van der Waals surface area contributed by atoms with E-state index in [-0.39, 0.29) is 29.0 Å². The van der Waals surface area contributed by atoms with Crippen LogP contribution in [0.5, 0.6) is 0 Å². The minimum Gasteiger partial charge on any atom is -0.478 e. The molecule has 1 amide bonds. The Morgan fingerprint density at radius 3 is 2.21 bits per heavy atom. The molecule has 2 aliphatic rings. The summed E-state index contributed by atoms with van der Waals surface area (Å²) in [7, 11) is 0. The molecular formula is C28H24N2O3. The van der Waals surface area contributed by atoms with Gasteiger partial charge in [-0.1, -0.05) is 72.8 Å². The van der Waals surface area contributed by atoms with Crippen molar-refractivity contribution in [1.29, 1.82) is 0 Å². The molecule has 164 valence electrons. The summed E-state index contributed by atoms with van der Waals surface area (Å²) in [6.45, 7) is 0. The van der Waals surface area contributed by atoms with Gasteiger partial charge in [0.2, 0.25) is 0 Å². The second-order valence-corrected chi connectivity index (χ2v) is 8.42. The monoisotopic (exact) mass is 436 g/mol. The summed E-state index contributed by atoms with van der Waals surface area (Å²) in [6.07, 6.45) is 5.00. The Labute approximate surface area is 192 Å². The number of carbonyl (C=O) groups excluding carboxylic acids is 1. The highest BCUT2D eigenvalue weighted by atomic mass is 16.4. The van der Waals surface area contributed by atoms with E-state index in [4.69, 9.17) is 5.10 Å². The summed E-state index contributed by atoms with van der Waals surface area (Å²) in [5.41, 5.74) is 4.32. The topological polar surface area (TPSA) is 70.0 Å². The number of nitrogens with zero attached hydrogens (tertiary/aromatic N) is 2. The lowest BCUT2D eigenvalue weighted by Crippen LogP contribution is -2.32. The highest BCUT2D eigenvalue weighted by Crippen LogP contribution is 2.45. The lowest BCUT2D eigenvalue weighted by Gasteiger charge is -2.29. The summed E-state index contributed by atoms with van der Waals surface area (Å²) in [5, 5.41) is 16.0. The van der Waals surface area contributed by atoms with Crippen molar-refractivity contribution < 1.29 is 14.7 Å². The van der Waals surface area contributed by atoms with Crippen molar-refractivity contribution in [2.24, 2.45) is 11.0 Å². The van der Waals surface area contributed by atoms with E-state index in [9.17, 15) is 14.7 Å². The fourth-order valence-electron chi connectivity index (χ4n) is 4.88. The van der Waals surface area contributed by atoms with Gasteiger partial charge in [-0.2, -0.15) is 5.10 Å². The highest BCUT2D eigenvalue weighted by molar-refractivity contribution is 6.10. The average Bonchev–Trinajstić information content (AvgIpc) is 3.25. The molecule has 1 fully saturated rings. The van der Waals surface area contributed by atoms with E-state index in [0.29, 0.717) is 0 Å². The Balaban J connectivity index is 1.61. The van der Waals surface area contributed by atoms with Gasteiger partial charge in [-0.25, -0.2) is 9.80 Å². The number of allylic oxidation sites excluding steroid dienone is 1. The number of benzene rings is 3. The van der Waals surface area contributed by atoms with Crippen molar-refractivity contribution in [1.82, 2.24) is 5.01 Å². The Kier molecular flexibility index (Phi) is 5.61. The first-order valence-corrected chi connectivity index (χ1v) is 11.2. The van der Waals surface area contributed by atoms with E-state index in [1.165, 1.54) is 11.1 Å². The van der Waals surface area contributed by atoms with Crippen LogP contribution in [-0.4, -0.2) is 27.7 Å². The fourth-order valence-corrected chi connectivity index (χ4v) is 4.88. The number of carbonyl (C=O) groups is 2. The number of hydrogen-bond acceptors (Lipinski definition) is 3. The molecule has 1 aliphatic heterocycles. The van der Waals surface area contributed by atoms with Crippen LogP contribution in [0, 0.1) is 5.92 Å². The normalized spacial score (nSPS) is 20.9. The predicted molar refractivity (Wildman–Crippen MR) is 128 cm³/mol. The fraction of sp³-hybridized carbons (Fsp3) is 0.179. The molecule has 1 saturated carbocycles. The number of hydrogen-bond donors (Lipinski definition) is 1. The number of fused-ring (bicyclic) bond motifs is 1. The maximum Gasteiger partial charge on any atom is 0.336 e. The van der Waals surface area contributed by atoms with Gasteiger partial charge in [0.15, 0.2) is 0 Å². The van der Waals surface area contributed by atoms with Gasteiger partial charge >= 0.3 is 5.97 Å². The van der Waals surface area contributed by atoms with Crippen molar-refractivity contribution in [2.45, 2.75) is 25.3 Å². The zero-order chi connectivity index (χ0) is 22.8. The first-order chi connectivity index (χ1) is 16.1. The minimum atomic E-state index is -1.12. The largest absolute Gasteiger partial charge is 0.478 e. The molecule has 3 aromatic carbocycles. The van der Waals surface area contributed by atoms with Gasteiger partial charge in [-0.15, -0.1) is 0 Å². The molecule has 0 unspecified atom stereocenters. The van der Waals surface area contributed by atoms with Crippen LogP contribution in [0.4, 0.5) is 0 Å². The van der Waals surface area contributed by atoms with Gasteiger partial charge in [0.1, 0.15) is 0 Å². The van der Waals surface area contributed by atoms with Crippen LogP contribution in [0.25, 0.3) is 6.08 Å². The summed E-state index contributed by atoms with van der Waals surface area (Å²) in [4.78, 5) is 25.5. The van der Waals surface area contributed by atoms with Crippen LogP contribution in [0.3, 0.4) is 0 Å². The van der Waals surface area contributed by atoms with Crippen LogP contribution in [0.2, 0.25) is 0 Å². The SMILES string of the molecule is O=C(O)c1ccccc1C(=O)N1N=C2/C(=C/c3ccccc3)CCC[C@H]2[C@H]1c1ccccc1. The van der Waals surface area contributed by atoms with E-state index >= 15 is 0 Å². The molecule has 1 heterocycles. The average molecular weight is 437 g/mol. The standard InChI is InChI=1S/C28H24N2O3/c31-27(22-15-7-8-16-23(22)28(32)33)30-26(20-12-5-2-6-13-20)24-17-9-14-21(25(24)29-30)18-19-10-3-1-4-11-19/h1-8,10-13,15-16,18,24,26H,9,14,17H2,(H,32,33)/b21-18+/t24-,26-/m1/s1. The molecule has 0 spiro atoms. The number of amides is 1. The highest BCUT2D eigenvalue weighted by Gasteiger charge is 2.44. The molecule has 1 aliphatic carbocycles. The molecule has 0 bridgehead atoms. The smallest absolute Gasteiger partial charge is 0.336 e. The molecule has 33 heavy (non-hydrogen) atoms. The third-order valence-electron chi connectivity index (χ3n) is 6.38. The maximum atomic E-state index is 13.7. The summed E-state index contributed by atoms with van der Waals surface area (Å²) in [5.74, 6) is -1.44. The van der Waals surface area contributed by atoms with Crippen LogP contribution >= 0.6 is 0 Å². The molecule has 5 rings (SSSR count). The zero-order valence-electron chi connectivity index (χ0n) is 18.1. The second-order valence-electron chi connectivity index (χ2n) is 8.42. The Bertz CT molecular complexity index is 1250. The van der Waals surface area contributed by atoms with Crippen molar-refractivity contribution in [3.05, 3.63) is 113 Å². The molecule has 0 aromatic heterocycles. The predicted octanol–water partition coefficient (Wildman–Crippen LogP) is 5.82. The van der Waals surface area contributed by atoms with Crippen molar-refractivity contribution in [2.75, 3.05) is 0 Å². The number of hydrazone groups is 1. The Morgan fingerprint density at radius 2 is 1.52 bits per heavy atom. The second kappa shape index (κ2) is 8.87. The van der Waals surface area contributed by atoms with Crippen LogP contribution in [0.15, 0.2) is 95.6 Å². The Morgan fingerprint density at radius 1 is 0.879 bits per heavy atom. The van der Waals surface area contributed by atoms with Gasteiger partial charge in [-0.3, -0.25) is 4.79 Å². The minimum absolute atomic E-state index is 0.00978. The first-order valence-electron chi connectivity index (χ1n) is 11.2. The van der Waals surface area contributed by atoms with Gasteiger partial charge in [-0.05, 0) is 54.2 Å². The number of carboxylic acid groups (broad SMARTS) is 1. The van der Waals surface area contributed by atoms with E-state index in [1.807, 2.05) is 48.5 Å². The molecule has 2 atom stereocenters. The number of carboxylic acids is 1. The molecule has 5 nitrogen and oxygen atoms in total. The van der Waals surface area contributed by atoms with E-state index < -0.39 is 5.97 Å². The molecule has 1 N–H and O–H groups in total. The van der Waals surface area contributed by atoms with Gasteiger partial charge in [0.05, 0.1) is 22.9 Å². The molecule has 0 saturated heterocycles. The molecule has 3 aromatic rings. The summed E-state index contributed by atoms with van der Waals surface area (Å²) >= 11 is 0. The van der Waals surface area contributed by atoms with Gasteiger partial charge < -0.3 is 5.11 Å². The van der Waals surface area contributed by atoms with Crippen LogP contribution in [0.1, 0.15) is 57.1 Å².